The summed E-state index contributed by atoms with van der Waals surface area (Å²) in [6.07, 6.45) is 5.94. The third-order valence-electron chi connectivity index (χ3n) is 6.91. The van der Waals surface area contributed by atoms with Crippen LogP contribution in [0.1, 0.15) is 31.7 Å². The fourth-order valence-electron chi connectivity index (χ4n) is 4.72. The third-order valence-corrected chi connectivity index (χ3v) is 6.91. The molecule has 0 spiro atoms. The molecule has 1 aromatic heterocycles. The fourth-order valence-corrected chi connectivity index (χ4v) is 4.72. The first kappa shape index (κ1) is 23.4. The number of hydrogen-bond donors (Lipinski definition) is 3. The second-order valence-corrected chi connectivity index (χ2v) is 9.24. The zero-order valence-electron chi connectivity index (χ0n) is 19.5. The number of hydrogen-bond acceptors (Lipinski definition) is 6. The van der Waals surface area contributed by atoms with E-state index in [4.69, 9.17) is 5.73 Å². The summed E-state index contributed by atoms with van der Waals surface area (Å²) in [6, 6.07) is 10.7. The molecule has 0 radical (unpaired) electrons. The maximum Gasteiger partial charge on any atom is 0.354 e. The lowest BCUT2D eigenvalue weighted by Gasteiger charge is -2.31. The molecule has 2 fully saturated rings. The number of piperazine rings is 1. The van der Waals surface area contributed by atoms with Gasteiger partial charge in [-0.2, -0.15) is 4.98 Å². The predicted octanol–water partition coefficient (Wildman–Crippen LogP) is 1.41. The standard InChI is InChI=1S/C24H35N7O2/c1-17(29(2)21-8-5-19(25)16-21)15-18-3-6-20(7-4-18)31-12-9-22(28-24(31)33)27-23(32)30-13-10-26-11-14-30/h3-4,6-7,9,12,17,19,21,26H,5,8,10-11,13-16,25H2,1-2H3,(H,27,28,32,33)/t17?,19-,21-/m0/s1. The Hall–Kier alpha value is -2.75. The molecule has 3 atom stereocenters. The molecule has 9 heteroatoms. The molecule has 4 rings (SSSR count). The molecule has 1 saturated heterocycles. The molecule has 1 saturated carbocycles. The molecule has 1 aliphatic carbocycles. The van der Waals surface area contributed by atoms with Crippen LogP contribution in [0, 0.1) is 0 Å². The van der Waals surface area contributed by atoms with Crippen molar-refractivity contribution in [3.05, 3.63) is 52.6 Å². The average Bonchev–Trinajstić information content (AvgIpc) is 3.26. The summed E-state index contributed by atoms with van der Waals surface area (Å²) < 4.78 is 1.49. The Morgan fingerprint density at radius 3 is 2.61 bits per heavy atom. The van der Waals surface area contributed by atoms with Crippen molar-refractivity contribution in [2.45, 2.75) is 50.7 Å². The minimum atomic E-state index is -0.425. The molecule has 2 amide bonds. The van der Waals surface area contributed by atoms with Crippen LogP contribution in [0.5, 0.6) is 0 Å². The fraction of sp³-hybridized carbons (Fsp3) is 0.542. The van der Waals surface area contributed by atoms with E-state index >= 15 is 0 Å². The summed E-state index contributed by atoms with van der Waals surface area (Å²) >= 11 is 0. The van der Waals surface area contributed by atoms with Crippen molar-refractivity contribution in [1.82, 2.24) is 24.7 Å². The first-order chi connectivity index (χ1) is 15.9. The number of aromatic nitrogens is 2. The van der Waals surface area contributed by atoms with Crippen LogP contribution >= 0.6 is 0 Å². The molecule has 0 bridgehead atoms. The molecule has 1 aromatic carbocycles. The average molecular weight is 454 g/mol. The second-order valence-electron chi connectivity index (χ2n) is 9.24. The number of anilines is 1. The number of carbonyl (C=O) groups excluding carboxylic acids is 1. The quantitative estimate of drug-likeness (QED) is 0.610. The summed E-state index contributed by atoms with van der Waals surface area (Å²) in [5, 5.41) is 5.92. The van der Waals surface area contributed by atoms with Gasteiger partial charge in [-0.05, 0) is 63.4 Å². The van der Waals surface area contributed by atoms with E-state index in [0.717, 1.165) is 38.0 Å². The van der Waals surface area contributed by atoms with E-state index in [1.54, 1.807) is 17.2 Å². The number of urea groups is 1. The second kappa shape index (κ2) is 10.5. The Bertz CT molecular complexity index is 1000. The van der Waals surface area contributed by atoms with Gasteiger partial charge < -0.3 is 20.9 Å². The molecule has 1 unspecified atom stereocenters. The Balaban J connectivity index is 1.37. The smallest absolute Gasteiger partial charge is 0.328 e. The van der Waals surface area contributed by atoms with Gasteiger partial charge in [0.05, 0.1) is 5.69 Å². The van der Waals surface area contributed by atoms with Gasteiger partial charge in [0.1, 0.15) is 5.82 Å². The lowest BCUT2D eigenvalue weighted by atomic mass is 10.0. The highest BCUT2D eigenvalue weighted by molar-refractivity contribution is 5.88. The van der Waals surface area contributed by atoms with Crippen LogP contribution in [0.25, 0.3) is 5.69 Å². The number of likely N-dealkylation sites (N-methyl/N-ethyl adjacent to an activating group) is 1. The summed E-state index contributed by atoms with van der Waals surface area (Å²) in [7, 11) is 2.19. The van der Waals surface area contributed by atoms with Gasteiger partial charge in [0, 0.05) is 50.5 Å². The molecule has 1 aliphatic heterocycles. The van der Waals surface area contributed by atoms with Crippen molar-refractivity contribution in [3.63, 3.8) is 0 Å². The minimum absolute atomic E-state index is 0.232. The maximum atomic E-state index is 12.6. The van der Waals surface area contributed by atoms with Crippen molar-refractivity contribution < 1.29 is 4.79 Å². The van der Waals surface area contributed by atoms with Crippen molar-refractivity contribution in [2.24, 2.45) is 5.73 Å². The third kappa shape index (κ3) is 5.79. The lowest BCUT2D eigenvalue weighted by molar-refractivity contribution is 0.184. The molecule has 33 heavy (non-hydrogen) atoms. The van der Waals surface area contributed by atoms with E-state index in [1.165, 1.54) is 16.6 Å². The van der Waals surface area contributed by atoms with Gasteiger partial charge in [0.2, 0.25) is 0 Å². The maximum absolute atomic E-state index is 12.6. The molecule has 9 nitrogen and oxygen atoms in total. The Labute approximate surface area is 195 Å². The van der Waals surface area contributed by atoms with Gasteiger partial charge in [0.15, 0.2) is 0 Å². The van der Waals surface area contributed by atoms with Gasteiger partial charge in [-0.25, -0.2) is 9.59 Å². The summed E-state index contributed by atoms with van der Waals surface area (Å²) in [5.41, 5.74) is 7.63. The van der Waals surface area contributed by atoms with E-state index in [2.05, 4.69) is 46.6 Å². The van der Waals surface area contributed by atoms with E-state index < -0.39 is 5.69 Å². The molecule has 2 aliphatic rings. The molecule has 2 heterocycles. The van der Waals surface area contributed by atoms with Gasteiger partial charge in [-0.3, -0.25) is 9.88 Å². The van der Waals surface area contributed by atoms with Crippen LogP contribution in [0.2, 0.25) is 0 Å². The molecule has 2 aromatic rings. The number of nitrogens with one attached hydrogen (secondary N) is 2. The number of carbonyl (C=O) groups is 1. The van der Waals surface area contributed by atoms with E-state index in [0.29, 0.717) is 31.2 Å². The summed E-state index contributed by atoms with van der Waals surface area (Å²) in [4.78, 5) is 33.1. The largest absolute Gasteiger partial charge is 0.354 e. The van der Waals surface area contributed by atoms with E-state index in [-0.39, 0.29) is 11.8 Å². The molecule has 4 N–H and O–H groups in total. The monoisotopic (exact) mass is 453 g/mol. The van der Waals surface area contributed by atoms with E-state index in [9.17, 15) is 9.59 Å². The zero-order chi connectivity index (χ0) is 23.4. The molecular formula is C24H35N7O2. The highest BCUT2D eigenvalue weighted by Gasteiger charge is 2.27. The number of rotatable bonds is 6. The molecule has 178 valence electrons. The Kier molecular flexibility index (Phi) is 7.42. The predicted molar refractivity (Wildman–Crippen MR) is 130 cm³/mol. The minimum Gasteiger partial charge on any atom is -0.328 e. The number of benzene rings is 1. The van der Waals surface area contributed by atoms with Gasteiger partial charge >= 0.3 is 11.7 Å². The van der Waals surface area contributed by atoms with Crippen LogP contribution in [-0.4, -0.2) is 76.7 Å². The summed E-state index contributed by atoms with van der Waals surface area (Å²) in [6.45, 7) is 5.06. The van der Waals surface area contributed by atoms with Gasteiger partial charge in [-0.15, -0.1) is 0 Å². The SMILES string of the molecule is CC(Cc1ccc(-n2ccc(NC(=O)N3CCNCC3)nc2=O)cc1)N(C)[C@H]1CC[C@H](N)C1. The van der Waals surface area contributed by atoms with E-state index in [1.807, 2.05) is 12.1 Å². The topological polar surface area (TPSA) is 109 Å². The van der Waals surface area contributed by atoms with Gasteiger partial charge in [-0.1, -0.05) is 12.1 Å². The normalized spacial score (nSPS) is 21.9. The van der Waals surface area contributed by atoms with Crippen molar-refractivity contribution in [3.8, 4) is 5.69 Å². The first-order valence-corrected chi connectivity index (χ1v) is 11.8. The molecular weight excluding hydrogens is 418 g/mol. The highest BCUT2D eigenvalue weighted by atomic mass is 16.2. The van der Waals surface area contributed by atoms with Crippen LogP contribution in [0.15, 0.2) is 41.3 Å². The highest BCUT2D eigenvalue weighted by Crippen LogP contribution is 2.24. The zero-order valence-corrected chi connectivity index (χ0v) is 19.5. The van der Waals surface area contributed by atoms with Crippen molar-refractivity contribution >= 4 is 11.8 Å². The number of nitrogens with two attached hydrogens (primary N) is 1. The van der Waals surface area contributed by atoms with Crippen LogP contribution < -0.4 is 22.1 Å². The number of nitrogens with zero attached hydrogens (tertiary/aromatic N) is 4. The first-order valence-electron chi connectivity index (χ1n) is 11.8. The van der Waals surface area contributed by atoms with Crippen molar-refractivity contribution in [1.29, 1.82) is 0 Å². The van der Waals surface area contributed by atoms with Crippen LogP contribution in [-0.2, 0) is 6.42 Å². The van der Waals surface area contributed by atoms with Gasteiger partial charge in [0.25, 0.3) is 0 Å². The lowest BCUT2D eigenvalue weighted by Crippen LogP contribution is -2.48. The Morgan fingerprint density at radius 1 is 1.24 bits per heavy atom. The summed E-state index contributed by atoms with van der Waals surface area (Å²) in [5.74, 6) is 0.264. The van der Waals surface area contributed by atoms with Crippen molar-refractivity contribution in [2.75, 3.05) is 38.5 Å². The van der Waals surface area contributed by atoms with Crippen LogP contribution in [0.3, 0.4) is 0 Å². The number of amides is 2. The van der Waals surface area contributed by atoms with Crippen LogP contribution in [0.4, 0.5) is 10.6 Å². The Morgan fingerprint density at radius 2 is 1.97 bits per heavy atom.